The number of aromatic nitrogens is 2. The van der Waals surface area contributed by atoms with Crippen molar-refractivity contribution >= 4 is 29.1 Å². The third-order valence-electron chi connectivity index (χ3n) is 4.84. The molecule has 7 nitrogen and oxygen atoms in total. The first-order chi connectivity index (χ1) is 16.0. The van der Waals surface area contributed by atoms with Crippen LogP contribution in [0, 0.1) is 0 Å². The van der Waals surface area contributed by atoms with Gasteiger partial charge in [0.15, 0.2) is 5.78 Å². The first kappa shape index (κ1) is 22.3. The monoisotopic (exact) mass is 459 g/mol. The van der Waals surface area contributed by atoms with Crippen molar-refractivity contribution in [2.75, 3.05) is 12.4 Å². The van der Waals surface area contributed by atoms with Crippen LogP contribution < -0.4 is 10.1 Å². The molecule has 1 N–H and O–H groups in total. The summed E-state index contributed by atoms with van der Waals surface area (Å²) in [5, 5.41) is 10.7. The van der Waals surface area contributed by atoms with Crippen LogP contribution in [0.3, 0.4) is 0 Å². The van der Waals surface area contributed by atoms with E-state index in [0.717, 1.165) is 28.6 Å². The molecule has 0 fully saturated rings. The lowest BCUT2D eigenvalue weighted by molar-refractivity contribution is -0.115. The molecular weight excluding hydrogens is 438 g/mol. The normalized spacial score (nSPS) is 11.6. The van der Waals surface area contributed by atoms with Gasteiger partial charge >= 0.3 is 0 Å². The quantitative estimate of drug-likeness (QED) is 0.278. The van der Waals surface area contributed by atoms with Gasteiger partial charge in [0.25, 0.3) is 5.22 Å². The van der Waals surface area contributed by atoms with E-state index >= 15 is 0 Å². The maximum atomic E-state index is 13.2. The lowest BCUT2D eigenvalue weighted by atomic mass is 10.1. The number of hydrogen-bond donors (Lipinski definition) is 1. The second-order valence-electron chi connectivity index (χ2n) is 7.14. The van der Waals surface area contributed by atoms with Crippen LogP contribution in [-0.2, 0) is 4.79 Å². The highest BCUT2D eigenvalue weighted by Gasteiger charge is 2.25. The number of nitrogens with zero attached hydrogens (tertiary/aromatic N) is 2. The molecule has 0 aliphatic carbocycles. The second-order valence-corrected chi connectivity index (χ2v) is 8.19. The van der Waals surface area contributed by atoms with Gasteiger partial charge in [-0.25, -0.2) is 0 Å². The zero-order valence-electron chi connectivity index (χ0n) is 18.0. The maximum absolute atomic E-state index is 13.2. The average Bonchev–Trinajstić information content (AvgIpc) is 3.32. The largest absolute Gasteiger partial charge is 0.497 e. The summed E-state index contributed by atoms with van der Waals surface area (Å²) in [4.78, 5) is 24.9. The maximum Gasteiger partial charge on any atom is 0.277 e. The molecule has 0 aliphatic heterocycles. The molecule has 3 aromatic carbocycles. The summed E-state index contributed by atoms with van der Waals surface area (Å²) in [5.41, 5.74) is 2.60. The van der Waals surface area contributed by atoms with Crippen molar-refractivity contribution in [3.8, 4) is 17.2 Å². The molecule has 0 bridgehead atoms. The average molecular weight is 460 g/mol. The molecule has 0 saturated heterocycles. The van der Waals surface area contributed by atoms with Gasteiger partial charge in [-0.2, -0.15) is 0 Å². The Balaban J connectivity index is 1.57. The fraction of sp³-hybridized carbons (Fsp3) is 0.120. The molecule has 8 heteroatoms. The minimum absolute atomic E-state index is 0.0722. The van der Waals surface area contributed by atoms with Gasteiger partial charge in [-0.05, 0) is 60.6 Å². The van der Waals surface area contributed by atoms with Crippen molar-refractivity contribution < 1.29 is 18.7 Å². The number of ketones is 1. The van der Waals surface area contributed by atoms with Crippen molar-refractivity contribution in [1.82, 2.24) is 10.2 Å². The molecule has 1 atom stereocenters. The summed E-state index contributed by atoms with van der Waals surface area (Å²) >= 11 is 1.16. The van der Waals surface area contributed by atoms with Crippen LogP contribution in [0.15, 0.2) is 88.5 Å². The molecule has 33 heavy (non-hydrogen) atoms. The Morgan fingerprint density at radius 1 is 0.970 bits per heavy atom. The SMILES string of the molecule is COc1ccc(-c2nnc(SC(C(=O)Nc3cccc(C(C)=O)c3)c3ccccc3)o2)cc1. The number of rotatable bonds is 8. The van der Waals surface area contributed by atoms with Crippen LogP contribution in [0.2, 0.25) is 0 Å². The summed E-state index contributed by atoms with van der Waals surface area (Å²) < 4.78 is 11.0. The molecule has 0 radical (unpaired) electrons. The summed E-state index contributed by atoms with van der Waals surface area (Å²) in [6, 6.07) is 23.4. The Morgan fingerprint density at radius 2 is 1.73 bits per heavy atom. The Hall–Kier alpha value is -3.91. The molecule has 1 amide bonds. The number of amides is 1. The van der Waals surface area contributed by atoms with Gasteiger partial charge in [0.2, 0.25) is 11.8 Å². The van der Waals surface area contributed by atoms with Gasteiger partial charge in [0.1, 0.15) is 11.0 Å². The number of hydrogen-bond acceptors (Lipinski definition) is 7. The first-order valence-corrected chi connectivity index (χ1v) is 11.0. The molecule has 0 saturated carbocycles. The molecule has 1 aromatic heterocycles. The molecule has 4 aromatic rings. The lowest BCUT2D eigenvalue weighted by Crippen LogP contribution is -2.19. The van der Waals surface area contributed by atoms with E-state index in [9.17, 15) is 9.59 Å². The predicted octanol–water partition coefficient (Wildman–Crippen LogP) is 5.42. The van der Waals surface area contributed by atoms with Gasteiger partial charge < -0.3 is 14.5 Å². The second kappa shape index (κ2) is 10.1. The van der Waals surface area contributed by atoms with E-state index in [4.69, 9.17) is 9.15 Å². The Kier molecular flexibility index (Phi) is 6.85. The Labute approximate surface area is 195 Å². The van der Waals surface area contributed by atoms with E-state index in [1.54, 1.807) is 31.4 Å². The van der Waals surface area contributed by atoms with Crippen LogP contribution in [-0.4, -0.2) is 29.0 Å². The van der Waals surface area contributed by atoms with Crippen LogP contribution in [0.25, 0.3) is 11.5 Å². The molecule has 1 heterocycles. The van der Waals surface area contributed by atoms with E-state index in [1.807, 2.05) is 54.6 Å². The van der Waals surface area contributed by atoms with E-state index in [-0.39, 0.29) is 16.9 Å². The number of thioether (sulfide) groups is 1. The van der Waals surface area contributed by atoms with E-state index in [1.165, 1.54) is 6.92 Å². The summed E-state index contributed by atoms with van der Waals surface area (Å²) in [7, 11) is 1.60. The number of methoxy groups -OCH3 is 1. The lowest BCUT2D eigenvalue weighted by Gasteiger charge is -2.15. The number of carbonyl (C=O) groups excluding carboxylic acids is 2. The predicted molar refractivity (Wildman–Crippen MR) is 126 cm³/mol. The minimum atomic E-state index is -0.642. The molecule has 0 aliphatic rings. The zero-order chi connectivity index (χ0) is 23.2. The third-order valence-corrected chi connectivity index (χ3v) is 5.93. The number of nitrogens with one attached hydrogen (secondary N) is 1. The van der Waals surface area contributed by atoms with Crippen LogP contribution in [0.5, 0.6) is 5.75 Å². The third kappa shape index (κ3) is 5.48. The van der Waals surface area contributed by atoms with Crippen molar-refractivity contribution in [3.63, 3.8) is 0 Å². The first-order valence-electron chi connectivity index (χ1n) is 10.1. The smallest absolute Gasteiger partial charge is 0.277 e. The molecule has 1 unspecified atom stereocenters. The van der Waals surface area contributed by atoms with E-state index in [2.05, 4.69) is 15.5 Å². The zero-order valence-corrected chi connectivity index (χ0v) is 18.8. The number of Topliss-reactive ketones (excluding diaryl/α,β-unsaturated/α-hetero) is 1. The van der Waals surface area contributed by atoms with Gasteiger partial charge in [-0.15, -0.1) is 10.2 Å². The van der Waals surface area contributed by atoms with E-state index in [0.29, 0.717) is 17.1 Å². The summed E-state index contributed by atoms with van der Waals surface area (Å²) in [6.07, 6.45) is 0. The highest BCUT2D eigenvalue weighted by molar-refractivity contribution is 8.00. The van der Waals surface area contributed by atoms with Gasteiger partial charge in [-0.3, -0.25) is 9.59 Å². The minimum Gasteiger partial charge on any atom is -0.497 e. The van der Waals surface area contributed by atoms with Crippen LogP contribution in [0.4, 0.5) is 5.69 Å². The fourth-order valence-electron chi connectivity index (χ4n) is 3.13. The standard InChI is InChI=1S/C25H21N3O4S/c1-16(29)19-9-6-10-20(15-19)26-23(30)22(17-7-4-3-5-8-17)33-25-28-27-24(32-25)18-11-13-21(31-2)14-12-18/h3-15,22H,1-2H3,(H,26,30). The van der Waals surface area contributed by atoms with E-state index < -0.39 is 5.25 Å². The van der Waals surface area contributed by atoms with Gasteiger partial charge in [0.05, 0.1) is 7.11 Å². The molecule has 166 valence electrons. The van der Waals surface area contributed by atoms with Crippen molar-refractivity contribution in [1.29, 1.82) is 0 Å². The van der Waals surface area contributed by atoms with Crippen molar-refractivity contribution in [2.45, 2.75) is 17.4 Å². The number of ether oxygens (including phenoxy) is 1. The van der Waals surface area contributed by atoms with Gasteiger partial charge in [0, 0.05) is 16.8 Å². The van der Waals surface area contributed by atoms with Gasteiger partial charge in [-0.1, -0.05) is 42.5 Å². The Bertz CT molecular complexity index is 1260. The fourth-order valence-corrected chi connectivity index (χ4v) is 4.01. The highest BCUT2D eigenvalue weighted by atomic mass is 32.2. The topological polar surface area (TPSA) is 94.3 Å². The van der Waals surface area contributed by atoms with Crippen molar-refractivity contribution in [3.05, 3.63) is 90.0 Å². The number of carbonyl (C=O) groups is 2. The van der Waals surface area contributed by atoms with Crippen LogP contribution in [0.1, 0.15) is 28.1 Å². The highest BCUT2D eigenvalue weighted by Crippen LogP contribution is 2.36. The summed E-state index contributed by atoms with van der Waals surface area (Å²) in [6.45, 7) is 1.49. The van der Waals surface area contributed by atoms with Crippen LogP contribution >= 0.6 is 11.8 Å². The Morgan fingerprint density at radius 3 is 2.42 bits per heavy atom. The summed E-state index contributed by atoms with van der Waals surface area (Å²) in [5.74, 6) is 0.733. The molecule has 4 rings (SSSR count). The molecular formula is C25H21N3O4S. The molecule has 0 spiro atoms. The number of anilines is 1. The van der Waals surface area contributed by atoms with Crippen molar-refractivity contribution in [2.24, 2.45) is 0 Å². The number of benzene rings is 3.